The number of morpholine rings is 1. The summed E-state index contributed by atoms with van der Waals surface area (Å²) >= 11 is 0. The first-order chi connectivity index (χ1) is 22.7. The van der Waals surface area contributed by atoms with Gasteiger partial charge in [0.2, 0.25) is 0 Å². The number of aryl methyl sites for hydroxylation is 1. The molecule has 7 rings (SSSR count). The molecule has 3 aromatic heterocycles. The maximum Gasteiger partial charge on any atom is 0.320 e. The summed E-state index contributed by atoms with van der Waals surface area (Å²) in [6, 6.07) is 21.7. The van der Waals surface area contributed by atoms with Crippen LogP contribution >= 0.6 is 0 Å². The number of carbonyl (C=O) groups is 1. The molecular weight excluding hydrogens is 592 g/mol. The van der Waals surface area contributed by atoms with Crippen molar-refractivity contribution < 1.29 is 14.3 Å². The Bertz CT molecular complexity index is 1870. The van der Waals surface area contributed by atoms with E-state index in [4.69, 9.17) is 14.6 Å². The fourth-order valence-corrected chi connectivity index (χ4v) is 6.27. The molecule has 0 radical (unpaired) electrons. The minimum absolute atomic E-state index is 0.152. The van der Waals surface area contributed by atoms with E-state index in [9.17, 15) is 4.79 Å². The summed E-state index contributed by atoms with van der Waals surface area (Å²) in [5.41, 5.74) is 5.69. The molecule has 11 nitrogen and oxygen atoms in total. The summed E-state index contributed by atoms with van der Waals surface area (Å²) < 4.78 is 15.9. The van der Waals surface area contributed by atoms with Crippen LogP contribution in [0.2, 0.25) is 0 Å². The number of ether oxygens (including phenoxy) is 2. The maximum absolute atomic E-state index is 13.5. The average Bonchev–Trinajstić information content (AvgIpc) is 3.67. The third kappa shape index (κ3) is 6.72. The molecule has 2 unspecified atom stereocenters. The molecule has 0 spiro atoms. The van der Waals surface area contributed by atoms with E-state index < -0.39 is 0 Å². The lowest BCUT2D eigenvalue weighted by Crippen LogP contribution is -2.36. The van der Waals surface area contributed by atoms with E-state index in [0.29, 0.717) is 12.4 Å². The van der Waals surface area contributed by atoms with Gasteiger partial charge in [0.05, 0.1) is 43.4 Å². The molecule has 1 aliphatic heterocycles. The molecule has 244 valence electrons. The van der Waals surface area contributed by atoms with Gasteiger partial charge in [-0.3, -0.25) is 14.6 Å². The first-order valence-corrected chi connectivity index (χ1v) is 16.4. The Kier molecular flexibility index (Phi) is 8.42. The maximum atomic E-state index is 13.5. The van der Waals surface area contributed by atoms with Gasteiger partial charge < -0.3 is 14.8 Å². The quantitative estimate of drug-likeness (QED) is 0.222. The van der Waals surface area contributed by atoms with Crippen LogP contribution < -0.4 is 15.4 Å². The monoisotopic (exact) mass is 634 g/mol. The van der Waals surface area contributed by atoms with E-state index >= 15 is 0 Å². The second-order valence-electron chi connectivity index (χ2n) is 13.5. The van der Waals surface area contributed by atoms with Gasteiger partial charge in [-0.1, -0.05) is 62.7 Å². The molecule has 0 bridgehead atoms. The minimum atomic E-state index is -0.274. The van der Waals surface area contributed by atoms with Crippen LogP contribution in [0, 0.1) is 6.92 Å². The van der Waals surface area contributed by atoms with Gasteiger partial charge in [0.1, 0.15) is 17.7 Å². The molecular formula is C36H42N8O3. The van der Waals surface area contributed by atoms with Crippen molar-refractivity contribution in [3.8, 4) is 11.4 Å². The van der Waals surface area contributed by atoms with Crippen molar-refractivity contribution in [1.82, 2.24) is 34.6 Å². The number of urea groups is 1. The van der Waals surface area contributed by atoms with E-state index in [1.807, 2.05) is 65.2 Å². The van der Waals surface area contributed by atoms with E-state index in [1.165, 1.54) is 0 Å². The number of rotatable bonds is 7. The average molecular weight is 635 g/mol. The number of fused-ring (bicyclic) bond motifs is 2. The second kappa shape index (κ2) is 12.8. The van der Waals surface area contributed by atoms with Crippen molar-refractivity contribution in [3.05, 3.63) is 101 Å². The molecule has 1 fully saturated rings. The highest BCUT2D eigenvalue weighted by molar-refractivity contribution is 5.89. The van der Waals surface area contributed by atoms with Crippen LogP contribution in [-0.4, -0.2) is 61.6 Å². The van der Waals surface area contributed by atoms with Gasteiger partial charge in [-0.05, 0) is 55.2 Å². The Morgan fingerprint density at radius 3 is 2.51 bits per heavy atom. The number of nitrogens with zero attached hydrogens (tertiary/aromatic N) is 6. The summed E-state index contributed by atoms with van der Waals surface area (Å²) in [5.74, 6) is 2.26. The third-order valence-electron chi connectivity index (χ3n) is 8.93. The van der Waals surface area contributed by atoms with Crippen LogP contribution in [0.5, 0.6) is 5.75 Å². The Balaban J connectivity index is 1.07. The molecule has 2 aliphatic rings. The lowest BCUT2D eigenvalue weighted by molar-refractivity contribution is 0.0329. The standard InChI is InChI=1S/C36H42N8O3/c1-24-9-11-25(12-10-24)44-33(21-31(41-44)36(2,3)4)38-35(45)37-29-14-15-30(28-8-6-5-7-27(28)29)47-26-13-16-32-39-40-34(43(32)22-26)23-42-17-19-46-20-18-42/h5-13,16,21-22,29-30H,14-15,17-20,23H2,1-4H3,(H2,37,38,45). The van der Waals surface area contributed by atoms with Crippen LogP contribution in [0.25, 0.3) is 11.3 Å². The first-order valence-electron chi connectivity index (χ1n) is 16.4. The number of carbonyl (C=O) groups excluding carboxylic acids is 1. The summed E-state index contributed by atoms with van der Waals surface area (Å²) in [5, 5.41) is 20.0. The molecule has 2 N–H and O–H groups in total. The molecule has 2 amide bonds. The number of nitrogens with one attached hydrogen (secondary N) is 2. The Labute approximate surface area is 274 Å². The molecule has 2 atom stereocenters. The number of pyridine rings is 1. The highest BCUT2D eigenvalue weighted by Crippen LogP contribution is 2.39. The third-order valence-corrected chi connectivity index (χ3v) is 8.93. The normalized spacial score (nSPS) is 18.6. The smallest absolute Gasteiger partial charge is 0.320 e. The van der Waals surface area contributed by atoms with Gasteiger partial charge in [-0.15, -0.1) is 10.2 Å². The van der Waals surface area contributed by atoms with Crippen molar-refractivity contribution in [3.63, 3.8) is 0 Å². The number of anilines is 1. The zero-order valence-corrected chi connectivity index (χ0v) is 27.4. The molecule has 0 saturated carbocycles. The molecule has 47 heavy (non-hydrogen) atoms. The van der Waals surface area contributed by atoms with Gasteiger partial charge in [-0.25, -0.2) is 9.48 Å². The molecule has 1 saturated heterocycles. The van der Waals surface area contributed by atoms with Gasteiger partial charge in [0, 0.05) is 24.6 Å². The second-order valence-corrected chi connectivity index (χ2v) is 13.5. The van der Waals surface area contributed by atoms with E-state index in [1.54, 1.807) is 4.68 Å². The Morgan fingerprint density at radius 1 is 0.979 bits per heavy atom. The number of amides is 2. The lowest BCUT2D eigenvalue weighted by atomic mass is 9.85. The Hall–Kier alpha value is -4.74. The number of hydrogen-bond acceptors (Lipinski definition) is 7. The number of aromatic nitrogens is 5. The van der Waals surface area contributed by atoms with Crippen molar-refractivity contribution in [2.45, 2.75) is 64.6 Å². The van der Waals surface area contributed by atoms with Crippen molar-refractivity contribution >= 4 is 17.5 Å². The molecule has 1 aliphatic carbocycles. The van der Waals surface area contributed by atoms with Gasteiger partial charge >= 0.3 is 6.03 Å². The Morgan fingerprint density at radius 2 is 1.74 bits per heavy atom. The molecule has 2 aromatic carbocycles. The number of benzene rings is 2. The zero-order chi connectivity index (χ0) is 32.5. The fraction of sp³-hybridized carbons (Fsp3) is 0.389. The summed E-state index contributed by atoms with van der Waals surface area (Å²) in [6.45, 7) is 12.3. The van der Waals surface area contributed by atoms with Crippen LogP contribution in [0.3, 0.4) is 0 Å². The van der Waals surface area contributed by atoms with E-state index in [2.05, 4.69) is 65.6 Å². The molecule has 11 heteroatoms. The van der Waals surface area contributed by atoms with Gasteiger partial charge in [-0.2, -0.15) is 5.10 Å². The topological polar surface area (TPSA) is 111 Å². The van der Waals surface area contributed by atoms with Crippen molar-refractivity contribution in [1.29, 1.82) is 0 Å². The van der Waals surface area contributed by atoms with Crippen LogP contribution in [0.1, 0.15) is 74.0 Å². The fourth-order valence-electron chi connectivity index (χ4n) is 6.27. The number of hydrogen-bond donors (Lipinski definition) is 2. The largest absolute Gasteiger partial charge is 0.484 e. The zero-order valence-electron chi connectivity index (χ0n) is 27.4. The van der Waals surface area contributed by atoms with Crippen molar-refractivity contribution in [2.24, 2.45) is 0 Å². The van der Waals surface area contributed by atoms with Gasteiger partial charge in [0.25, 0.3) is 0 Å². The minimum Gasteiger partial charge on any atom is -0.484 e. The highest BCUT2D eigenvalue weighted by Gasteiger charge is 2.30. The molecule has 5 aromatic rings. The van der Waals surface area contributed by atoms with Crippen molar-refractivity contribution in [2.75, 3.05) is 31.6 Å². The van der Waals surface area contributed by atoms with Crippen LogP contribution in [-0.2, 0) is 16.7 Å². The lowest BCUT2D eigenvalue weighted by Gasteiger charge is -2.32. The SMILES string of the molecule is Cc1ccc(-n2nc(C(C)(C)C)cc2NC(=O)NC2CCC(Oc3ccc4nnc(CN5CCOCC5)n4c3)c3ccccc32)cc1. The predicted octanol–water partition coefficient (Wildman–Crippen LogP) is 6.13. The first kappa shape index (κ1) is 30.9. The van der Waals surface area contributed by atoms with E-state index in [-0.39, 0.29) is 23.6 Å². The highest BCUT2D eigenvalue weighted by atomic mass is 16.5. The summed E-state index contributed by atoms with van der Waals surface area (Å²) in [6.07, 6.45) is 3.31. The predicted molar refractivity (Wildman–Crippen MR) is 180 cm³/mol. The van der Waals surface area contributed by atoms with Gasteiger partial charge in [0.15, 0.2) is 11.5 Å². The summed E-state index contributed by atoms with van der Waals surface area (Å²) in [4.78, 5) is 15.8. The van der Waals surface area contributed by atoms with Crippen LogP contribution in [0.15, 0.2) is 72.9 Å². The van der Waals surface area contributed by atoms with Crippen LogP contribution in [0.4, 0.5) is 10.6 Å². The summed E-state index contributed by atoms with van der Waals surface area (Å²) in [7, 11) is 0. The molecule has 4 heterocycles. The van der Waals surface area contributed by atoms with E-state index in [0.717, 1.165) is 84.4 Å².